The van der Waals surface area contributed by atoms with Gasteiger partial charge in [-0.1, -0.05) is 24.3 Å². The molecule has 2 aliphatic carbocycles. The van der Waals surface area contributed by atoms with Crippen molar-refractivity contribution < 1.29 is 29.3 Å². The molecule has 8 rings (SSSR count). The second-order valence-electron chi connectivity index (χ2n) is 14.2. The molecule has 3 saturated heterocycles. The number of aromatic hydroxyl groups is 1. The molecule has 2 aromatic heterocycles. The summed E-state index contributed by atoms with van der Waals surface area (Å²) in [5.41, 5.74) is -2.08. The Morgan fingerprint density at radius 1 is 1.12 bits per heavy atom. The van der Waals surface area contributed by atoms with Gasteiger partial charge in [0.1, 0.15) is 23.4 Å². The number of aromatic nitrogens is 2. The minimum Gasteiger partial charge on any atom is -0.508 e. The third kappa shape index (κ3) is 5.14. The highest BCUT2D eigenvalue weighted by atomic mass is 32.2. The van der Waals surface area contributed by atoms with Gasteiger partial charge in [-0.15, -0.1) is 11.8 Å². The lowest BCUT2D eigenvalue weighted by atomic mass is 9.65. The molecule has 15 heteroatoms. The molecule has 8 atom stereocenters. The van der Waals surface area contributed by atoms with E-state index in [-0.39, 0.29) is 16.9 Å². The van der Waals surface area contributed by atoms with E-state index in [9.17, 15) is 29.4 Å². The van der Waals surface area contributed by atoms with Gasteiger partial charge < -0.3 is 30.6 Å². The van der Waals surface area contributed by atoms with Crippen LogP contribution >= 0.6 is 23.5 Å². The van der Waals surface area contributed by atoms with Crippen molar-refractivity contribution in [2.75, 3.05) is 5.75 Å². The van der Waals surface area contributed by atoms with E-state index in [1.54, 1.807) is 36.7 Å². The Labute approximate surface area is 301 Å². The van der Waals surface area contributed by atoms with Crippen molar-refractivity contribution in [1.82, 2.24) is 20.6 Å². The molecule has 3 aromatic rings. The number of fused-ring (bicyclic) bond motifs is 1. The Bertz CT molecular complexity index is 2040. The molecule has 51 heavy (non-hydrogen) atoms. The Morgan fingerprint density at radius 3 is 2.57 bits per heavy atom. The molecule has 5 unspecified atom stereocenters. The van der Waals surface area contributed by atoms with Gasteiger partial charge in [0.05, 0.1) is 21.6 Å². The Morgan fingerprint density at radius 2 is 1.92 bits per heavy atom. The molecule has 5 aliphatic rings. The monoisotopic (exact) mass is 728 g/mol. The number of azo groups is 1. The largest absolute Gasteiger partial charge is 0.508 e. The van der Waals surface area contributed by atoms with Crippen LogP contribution in [0.1, 0.15) is 66.3 Å². The van der Waals surface area contributed by atoms with Crippen LogP contribution in [0.5, 0.6) is 5.75 Å². The van der Waals surface area contributed by atoms with E-state index in [2.05, 4.69) is 20.6 Å². The summed E-state index contributed by atoms with van der Waals surface area (Å²) < 4.78 is 5.38. The number of amides is 2. The summed E-state index contributed by atoms with van der Waals surface area (Å²) in [6.45, 7) is 3.66. The number of hydrogen-bond acceptors (Lipinski definition) is 11. The van der Waals surface area contributed by atoms with Crippen molar-refractivity contribution in [2.45, 2.75) is 83.2 Å². The lowest BCUT2D eigenvalue weighted by molar-refractivity contribution is -0.144. The van der Waals surface area contributed by atoms with Crippen molar-refractivity contribution in [3.63, 3.8) is 0 Å². The number of hydrogen-bond donors (Lipinski definition) is 5. The minimum absolute atomic E-state index is 0.0313. The summed E-state index contributed by atoms with van der Waals surface area (Å²) in [5, 5.41) is 35.7. The van der Waals surface area contributed by atoms with Gasteiger partial charge in [-0.3, -0.25) is 19.4 Å². The van der Waals surface area contributed by atoms with E-state index in [0.29, 0.717) is 16.5 Å². The fourth-order valence-electron chi connectivity index (χ4n) is 8.13. The van der Waals surface area contributed by atoms with Gasteiger partial charge in [-0.25, -0.2) is 4.79 Å². The van der Waals surface area contributed by atoms with Crippen LogP contribution in [0, 0.1) is 0 Å². The van der Waals surface area contributed by atoms with Crippen LogP contribution in [0.3, 0.4) is 0 Å². The highest BCUT2D eigenvalue weighted by molar-refractivity contribution is 8.02. The van der Waals surface area contributed by atoms with Crippen LogP contribution < -0.4 is 16.2 Å². The summed E-state index contributed by atoms with van der Waals surface area (Å²) in [5.74, 6) is -1.49. The van der Waals surface area contributed by atoms with Crippen LogP contribution in [0.4, 0.5) is 0 Å². The highest BCUT2D eigenvalue weighted by Crippen LogP contribution is 2.77. The summed E-state index contributed by atoms with van der Waals surface area (Å²) >= 11 is 3.32. The van der Waals surface area contributed by atoms with Crippen LogP contribution in [0.15, 0.2) is 75.9 Å². The number of aromatic amines is 1. The molecule has 1 spiro atoms. The summed E-state index contributed by atoms with van der Waals surface area (Å²) in [6, 6.07) is 9.75. The lowest BCUT2D eigenvalue weighted by Crippen LogP contribution is -2.72. The first-order valence-electron chi connectivity index (χ1n) is 16.8. The minimum atomic E-state index is -1.48. The van der Waals surface area contributed by atoms with E-state index in [1.165, 1.54) is 42.1 Å². The van der Waals surface area contributed by atoms with Crippen LogP contribution in [-0.2, 0) is 14.3 Å². The second kappa shape index (κ2) is 12.1. The Balaban J connectivity index is 1.06. The molecule has 13 nitrogen and oxygen atoms in total. The standard InChI is InChI=1S/C36H36N6O7S2/c1-33(2)36(32(47)48)35(49-36)27(41-42-34-14-13-24(34)50-17-15-34)26(28(35)51-33)40-31(46)25(20-6-10-22(43)11-7-20)39-30(45)23-12-9-21(38-29(23)44)8-5-19-4-3-16-37-18-19/h3-12,16,18,24-28,43H,13-15,17H2,1-2H3,(H,38,44)(H,39,45)(H,40,46)(H,47,48)/b8-5+,42-41?/t24?,25?,26-,27?,28-,34?,35?,36-/m0/s1. The Hall–Kier alpha value is -4.47. The molecular formula is C36H36N6O7S2. The maximum Gasteiger partial charge on any atom is 0.340 e. The molecule has 2 saturated carbocycles. The maximum atomic E-state index is 14.2. The van der Waals surface area contributed by atoms with E-state index < -0.39 is 62.7 Å². The second-order valence-corrected chi connectivity index (χ2v) is 17.2. The number of phenolic OH excluding ortho intramolecular Hbond substituents is 1. The number of rotatable bonds is 10. The first kappa shape index (κ1) is 33.7. The summed E-state index contributed by atoms with van der Waals surface area (Å²) in [6.07, 6.45) is 9.65. The molecule has 0 bridgehead atoms. The van der Waals surface area contributed by atoms with Crippen LogP contribution in [-0.4, -0.2) is 87.8 Å². The number of nitrogens with one attached hydrogen (secondary N) is 3. The first-order valence-corrected chi connectivity index (χ1v) is 18.7. The fourth-order valence-corrected chi connectivity index (χ4v) is 11.7. The number of thioether (sulfide) groups is 2. The number of H-pyrrole nitrogens is 1. The smallest absolute Gasteiger partial charge is 0.340 e. The maximum absolute atomic E-state index is 14.2. The molecule has 0 radical (unpaired) electrons. The topological polar surface area (TPSA) is 199 Å². The lowest BCUT2D eigenvalue weighted by Gasteiger charge is -2.47. The number of carbonyl (C=O) groups is 3. The van der Waals surface area contributed by atoms with Gasteiger partial charge in [-0.05, 0) is 86.4 Å². The summed E-state index contributed by atoms with van der Waals surface area (Å²) in [4.78, 5) is 60.4. The van der Waals surface area contributed by atoms with Crippen molar-refractivity contribution in [2.24, 2.45) is 10.2 Å². The van der Waals surface area contributed by atoms with Crippen LogP contribution in [0.2, 0.25) is 0 Å². The molecule has 5 fully saturated rings. The predicted octanol–water partition coefficient (Wildman–Crippen LogP) is 3.96. The SMILES string of the molecule is CC1(C)S[C@H]2[C@@H](NC(=O)C(NC(=O)c3ccc(/C=C/c4cccnc4)[nH]c3=O)c3ccc(O)cc3)C(N=NC34CCSC3CC4)C23O[C@@]13C(=O)O. The highest BCUT2D eigenvalue weighted by Gasteiger charge is 2.97. The average molecular weight is 729 g/mol. The number of carboxylic acids is 1. The number of carboxylic acid groups (broad SMARTS) is 1. The zero-order valence-corrected chi connectivity index (χ0v) is 29.4. The van der Waals surface area contributed by atoms with Gasteiger partial charge in [0.15, 0.2) is 5.60 Å². The van der Waals surface area contributed by atoms with Gasteiger partial charge in [0, 0.05) is 23.3 Å². The van der Waals surface area contributed by atoms with E-state index in [0.717, 1.165) is 30.6 Å². The van der Waals surface area contributed by atoms with Gasteiger partial charge >= 0.3 is 5.97 Å². The molecular weight excluding hydrogens is 693 g/mol. The van der Waals surface area contributed by atoms with Crippen molar-refractivity contribution >= 4 is 53.5 Å². The zero-order chi connectivity index (χ0) is 35.8. The third-order valence-corrected chi connectivity index (χ3v) is 14.3. The number of benzene rings is 1. The van der Waals surface area contributed by atoms with Crippen molar-refractivity contribution in [3.05, 3.63) is 93.7 Å². The number of ether oxygens (including phenoxy) is 1. The molecule has 5 N–H and O–H groups in total. The van der Waals surface area contributed by atoms with Crippen molar-refractivity contribution in [1.29, 1.82) is 0 Å². The number of phenols is 1. The Kier molecular flexibility index (Phi) is 7.96. The first-order chi connectivity index (χ1) is 24.4. The van der Waals surface area contributed by atoms with Gasteiger partial charge in [0.25, 0.3) is 11.5 Å². The van der Waals surface area contributed by atoms with E-state index in [4.69, 9.17) is 15.0 Å². The van der Waals surface area contributed by atoms with Gasteiger partial charge in [0.2, 0.25) is 11.5 Å². The molecule has 2 amide bonds. The van der Waals surface area contributed by atoms with Crippen LogP contribution in [0.25, 0.3) is 12.2 Å². The molecule has 5 heterocycles. The summed E-state index contributed by atoms with van der Waals surface area (Å²) in [7, 11) is 0. The molecule has 1 aromatic carbocycles. The van der Waals surface area contributed by atoms with E-state index >= 15 is 0 Å². The number of epoxide rings is 1. The molecule has 3 aliphatic heterocycles. The number of pyridine rings is 2. The third-order valence-electron chi connectivity index (χ3n) is 11.0. The predicted molar refractivity (Wildman–Crippen MR) is 192 cm³/mol. The van der Waals surface area contributed by atoms with Crippen molar-refractivity contribution in [3.8, 4) is 5.75 Å². The quantitative estimate of drug-likeness (QED) is 0.150. The van der Waals surface area contributed by atoms with Gasteiger partial charge in [-0.2, -0.15) is 22.0 Å². The number of carbonyl (C=O) groups excluding carboxylic acids is 2. The molecule has 264 valence electrons. The normalized spacial score (nSPS) is 33.0. The average Bonchev–Trinajstić information content (AvgIpc) is 3.73. The van der Waals surface area contributed by atoms with E-state index in [1.807, 2.05) is 31.7 Å². The number of aliphatic carboxylic acids is 1. The fraction of sp³-hybridized carbons (Fsp3) is 0.417. The number of nitrogens with zero attached hydrogens (tertiary/aromatic N) is 3. The zero-order valence-electron chi connectivity index (χ0n) is 27.7.